The van der Waals surface area contributed by atoms with Crippen molar-refractivity contribution in [1.82, 2.24) is 4.90 Å². The monoisotopic (exact) mass is 218 g/mol. The average molecular weight is 218 g/mol. The summed E-state index contributed by atoms with van der Waals surface area (Å²) in [6.45, 7) is 3.92. The Morgan fingerprint density at radius 1 is 1.12 bits per heavy atom. The van der Waals surface area contributed by atoms with Gasteiger partial charge in [-0.15, -0.1) is 0 Å². The molecule has 1 aromatic rings. The molecule has 3 heteroatoms. The number of anilines is 1. The van der Waals surface area contributed by atoms with E-state index in [-0.39, 0.29) is 0 Å². The second-order valence-electron chi connectivity index (χ2n) is 4.74. The lowest BCUT2D eigenvalue weighted by Crippen LogP contribution is -2.43. The number of nitrogen functional groups attached to an aromatic ring is 1. The molecule has 3 rings (SSSR count). The molecule has 1 aliphatic heterocycles. The van der Waals surface area contributed by atoms with Crippen LogP contribution in [0.25, 0.3) is 0 Å². The van der Waals surface area contributed by atoms with Crippen molar-refractivity contribution in [1.29, 1.82) is 0 Å². The van der Waals surface area contributed by atoms with E-state index in [1.54, 1.807) is 0 Å². The van der Waals surface area contributed by atoms with Gasteiger partial charge < -0.3 is 10.5 Å². The molecule has 1 aliphatic carbocycles. The predicted octanol–water partition coefficient (Wildman–Crippen LogP) is 1.07. The van der Waals surface area contributed by atoms with Crippen molar-refractivity contribution in [3.8, 4) is 0 Å². The third-order valence-electron chi connectivity index (χ3n) is 3.70. The zero-order chi connectivity index (χ0) is 11.0. The summed E-state index contributed by atoms with van der Waals surface area (Å²) in [5, 5.41) is 0. The molecule has 16 heavy (non-hydrogen) atoms. The fourth-order valence-electron chi connectivity index (χ4n) is 2.82. The summed E-state index contributed by atoms with van der Waals surface area (Å²) in [4.78, 5) is 2.56. The molecule has 1 atom stereocenters. The zero-order valence-corrected chi connectivity index (χ0v) is 9.48. The van der Waals surface area contributed by atoms with Crippen molar-refractivity contribution in [3.05, 3.63) is 29.3 Å². The van der Waals surface area contributed by atoms with Crippen molar-refractivity contribution in [3.63, 3.8) is 0 Å². The third-order valence-corrected chi connectivity index (χ3v) is 3.70. The largest absolute Gasteiger partial charge is 0.399 e. The first-order chi connectivity index (χ1) is 7.83. The second-order valence-corrected chi connectivity index (χ2v) is 4.74. The molecule has 2 aliphatic rings. The van der Waals surface area contributed by atoms with Gasteiger partial charge in [-0.1, -0.05) is 6.07 Å². The fourth-order valence-corrected chi connectivity index (χ4v) is 2.82. The van der Waals surface area contributed by atoms with Gasteiger partial charge in [-0.3, -0.25) is 4.90 Å². The molecule has 0 spiro atoms. The Balaban J connectivity index is 1.74. The van der Waals surface area contributed by atoms with E-state index >= 15 is 0 Å². The molecule has 1 aromatic carbocycles. The average Bonchev–Trinajstić information content (AvgIpc) is 2.73. The Bertz CT molecular complexity index is 386. The predicted molar refractivity (Wildman–Crippen MR) is 64.4 cm³/mol. The van der Waals surface area contributed by atoms with Crippen LogP contribution in [0.4, 0.5) is 5.69 Å². The first-order valence-electron chi connectivity index (χ1n) is 6.02. The highest BCUT2D eigenvalue weighted by atomic mass is 16.5. The molecule has 3 nitrogen and oxygen atoms in total. The molecule has 1 fully saturated rings. The van der Waals surface area contributed by atoms with Crippen LogP contribution in [0.5, 0.6) is 0 Å². The Morgan fingerprint density at radius 2 is 1.88 bits per heavy atom. The van der Waals surface area contributed by atoms with Crippen LogP contribution >= 0.6 is 0 Å². The molecule has 0 amide bonds. The molecule has 86 valence electrons. The van der Waals surface area contributed by atoms with Crippen molar-refractivity contribution >= 4 is 5.69 Å². The molecule has 0 bridgehead atoms. The Morgan fingerprint density at radius 3 is 2.69 bits per heavy atom. The highest BCUT2D eigenvalue weighted by Crippen LogP contribution is 2.27. The van der Waals surface area contributed by atoms with Gasteiger partial charge in [-0.25, -0.2) is 0 Å². The van der Waals surface area contributed by atoms with Gasteiger partial charge in [0, 0.05) is 24.8 Å². The van der Waals surface area contributed by atoms with Crippen LogP contribution in [-0.4, -0.2) is 37.2 Å². The maximum atomic E-state index is 5.82. The lowest BCUT2D eigenvalue weighted by molar-refractivity contribution is 0.0187. The SMILES string of the molecule is Nc1ccc2c(c1)CC(N1CCOCC1)C2. The van der Waals surface area contributed by atoms with Crippen molar-refractivity contribution in [2.24, 2.45) is 0 Å². The van der Waals surface area contributed by atoms with E-state index in [9.17, 15) is 0 Å². The van der Waals surface area contributed by atoms with Gasteiger partial charge in [0.1, 0.15) is 0 Å². The van der Waals surface area contributed by atoms with Gasteiger partial charge in [-0.05, 0) is 36.1 Å². The maximum absolute atomic E-state index is 5.82. The number of nitrogens with two attached hydrogens (primary N) is 1. The number of nitrogens with zero attached hydrogens (tertiary/aromatic N) is 1. The van der Waals surface area contributed by atoms with Crippen LogP contribution in [0.3, 0.4) is 0 Å². The number of fused-ring (bicyclic) bond motifs is 1. The van der Waals surface area contributed by atoms with Crippen LogP contribution in [0.2, 0.25) is 0 Å². The van der Waals surface area contributed by atoms with Gasteiger partial charge in [0.15, 0.2) is 0 Å². The number of ether oxygens (including phenoxy) is 1. The molecule has 0 saturated carbocycles. The first kappa shape index (κ1) is 10.1. The molecular formula is C13H18N2O. The number of rotatable bonds is 1. The lowest BCUT2D eigenvalue weighted by Gasteiger charge is -2.32. The van der Waals surface area contributed by atoms with Crippen LogP contribution < -0.4 is 5.73 Å². The van der Waals surface area contributed by atoms with E-state index in [1.165, 1.54) is 17.5 Å². The van der Waals surface area contributed by atoms with Crippen molar-refractivity contribution in [2.45, 2.75) is 18.9 Å². The zero-order valence-electron chi connectivity index (χ0n) is 9.48. The van der Waals surface area contributed by atoms with E-state index in [2.05, 4.69) is 17.0 Å². The van der Waals surface area contributed by atoms with Gasteiger partial charge >= 0.3 is 0 Å². The number of benzene rings is 1. The van der Waals surface area contributed by atoms with Gasteiger partial charge in [0.2, 0.25) is 0 Å². The van der Waals surface area contributed by atoms with Gasteiger partial charge in [-0.2, -0.15) is 0 Å². The standard InChI is InChI=1S/C13H18N2O/c14-12-2-1-10-8-13(9-11(10)7-12)15-3-5-16-6-4-15/h1-2,7,13H,3-6,8-9,14H2. The third kappa shape index (κ3) is 1.81. The van der Waals surface area contributed by atoms with Crippen LogP contribution in [0, 0.1) is 0 Å². The molecule has 1 unspecified atom stereocenters. The van der Waals surface area contributed by atoms with Gasteiger partial charge in [0.05, 0.1) is 13.2 Å². The second kappa shape index (κ2) is 4.07. The molecule has 2 N–H and O–H groups in total. The summed E-state index contributed by atoms with van der Waals surface area (Å²) >= 11 is 0. The number of hydrogen-bond donors (Lipinski definition) is 1. The number of hydrogen-bond acceptors (Lipinski definition) is 3. The lowest BCUT2D eigenvalue weighted by atomic mass is 10.1. The molecule has 1 heterocycles. The van der Waals surface area contributed by atoms with E-state index in [1.807, 2.05) is 6.07 Å². The normalized spacial score (nSPS) is 25.6. The molecule has 1 saturated heterocycles. The minimum absolute atomic E-state index is 0.667. The van der Waals surface area contributed by atoms with Crippen molar-refractivity contribution < 1.29 is 4.74 Å². The van der Waals surface area contributed by atoms with E-state index < -0.39 is 0 Å². The van der Waals surface area contributed by atoms with Crippen LogP contribution in [0.15, 0.2) is 18.2 Å². The summed E-state index contributed by atoms with van der Waals surface area (Å²) in [6, 6.07) is 7.00. The van der Waals surface area contributed by atoms with Crippen LogP contribution in [0.1, 0.15) is 11.1 Å². The fraction of sp³-hybridized carbons (Fsp3) is 0.538. The Kier molecular flexibility index (Phi) is 2.58. The summed E-state index contributed by atoms with van der Waals surface area (Å²) < 4.78 is 5.39. The topological polar surface area (TPSA) is 38.5 Å². The molecular weight excluding hydrogens is 200 g/mol. The van der Waals surface area contributed by atoms with E-state index in [4.69, 9.17) is 10.5 Å². The smallest absolute Gasteiger partial charge is 0.0594 e. The number of morpholine rings is 1. The highest BCUT2D eigenvalue weighted by molar-refractivity contribution is 5.47. The minimum atomic E-state index is 0.667. The van der Waals surface area contributed by atoms with Gasteiger partial charge in [0.25, 0.3) is 0 Å². The Hall–Kier alpha value is -1.06. The highest BCUT2D eigenvalue weighted by Gasteiger charge is 2.27. The summed E-state index contributed by atoms with van der Waals surface area (Å²) in [6.07, 6.45) is 2.33. The van der Waals surface area contributed by atoms with Crippen molar-refractivity contribution in [2.75, 3.05) is 32.0 Å². The summed E-state index contributed by atoms with van der Waals surface area (Å²) in [5.74, 6) is 0. The summed E-state index contributed by atoms with van der Waals surface area (Å²) in [7, 11) is 0. The maximum Gasteiger partial charge on any atom is 0.0594 e. The molecule has 0 radical (unpaired) electrons. The quantitative estimate of drug-likeness (QED) is 0.717. The minimum Gasteiger partial charge on any atom is -0.399 e. The molecule has 0 aromatic heterocycles. The van der Waals surface area contributed by atoms with E-state index in [0.717, 1.165) is 38.4 Å². The first-order valence-corrected chi connectivity index (χ1v) is 6.02. The Labute approximate surface area is 96.2 Å². The van der Waals surface area contributed by atoms with E-state index in [0.29, 0.717) is 6.04 Å². The van der Waals surface area contributed by atoms with Crippen LogP contribution in [-0.2, 0) is 17.6 Å². The summed E-state index contributed by atoms with van der Waals surface area (Å²) in [5.41, 5.74) is 9.63.